The highest BCUT2D eigenvalue weighted by Gasteiger charge is 2.33. The molecule has 0 saturated heterocycles. The van der Waals surface area contributed by atoms with Crippen molar-refractivity contribution in [3.05, 3.63) is 35.5 Å². The van der Waals surface area contributed by atoms with Crippen molar-refractivity contribution in [1.82, 2.24) is 4.57 Å². The maximum Gasteiger partial charge on any atom is 0.0485 e. The Morgan fingerprint density at radius 2 is 1.76 bits per heavy atom. The molecule has 0 amide bonds. The normalized spacial score (nSPS) is 16.5. The summed E-state index contributed by atoms with van der Waals surface area (Å²) < 4.78 is 2.50. The first-order valence-electron chi connectivity index (χ1n) is 6.69. The lowest BCUT2D eigenvalue weighted by Gasteiger charge is -2.17. The maximum absolute atomic E-state index is 2.50. The molecule has 0 fully saturated rings. The van der Waals surface area contributed by atoms with Crippen LogP contribution in [0.3, 0.4) is 0 Å². The standard InChI is InChI=1S/C14H17N.C2H6/c1-10-11-6-4-5-7-12(11)15-9-8-14(2,3)13(10)15;1-2/h4-7H,8-9H2,1-3H3;1-2H3. The molecule has 0 spiro atoms. The molecule has 1 aliphatic rings. The van der Waals surface area contributed by atoms with Gasteiger partial charge in [0.15, 0.2) is 0 Å². The molecule has 2 aromatic rings. The smallest absolute Gasteiger partial charge is 0.0485 e. The van der Waals surface area contributed by atoms with Crippen LogP contribution in [-0.2, 0) is 12.0 Å². The van der Waals surface area contributed by atoms with Gasteiger partial charge in [0.1, 0.15) is 0 Å². The molecule has 1 aliphatic heterocycles. The van der Waals surface area contributed by atoms with Gasteiger partial charge in [0, 0.05) is 28.6 Å². The van der Waals surface area contributed by atoms with Crippen LogP contribution < -0.4 is 0 Å². The van der Waals surface area contributed by atoms with Crippen molar-refractivity contribution in [2.24, 2.45) is 0 Å². The Kier molecular flexibility index (Phi) is 3.03. The zero-order valence-corrected chi connectivity index (χ0v) is 11.7. The molecule has 0 radical (unpaired) electrons. The summed E-state index contributed by atoms with van der Waals surface area (Å²) in [7, 11) is 0. The fraction of sp³-hybridized carbons (Fsp3) is 0.500. The van der Waals surface area contributed by atoms with E-state index in [1.54, 1.807) is 5.69 Å². The first kappa shape index (κ1) is 12.2. The molecule has 92 valence electrons. The lowest BCUT2D eigenvalue weighted by molar-refractivity contribution is 0.519. The summed E-state index contributed by atoms with van der Waals surface area (Å²) in [5, 5.41) is 1.43. The Morgan fingerprint density at radius 1 is 1.12 bits per heavy atom. The number of hydrogen-bond acceptors (Lipinski definition) is 0. The van der Waals surface area contributed by atoms with E-state index in [0.717, 1.165) is 0 Å². The molecule has 1 nitrogen and oxygen atoms in total. The number of aromatic nitrogens is 1. The molecule has 1 aromatic carbocycles. The van der Waals surface area contributed by atoms with Gasteiger partial charge >= 0.3 is 0 Å². The van der Waals surface area contributed by atoms with Gasteiger partial charge in [0.2, 0.25) is 0 Å². The Balaban J connectivity index is 0.000000514. The van der Waals surface area contributed by atoms with Gasteiger partial charge in [0.25, 0.3) is 0 Å². The first-order chi connectivity index (χ1) is 8.11. The third-order valence-electron chi connectivity index (χ3n) is 3.83. The second-order valence-corrected chi connectivity index (χ2v) is 5.28. The predicted molar refractivity (Wildman–Crippen MR) is 75.7 cm³/mol. The van der Waals surface area contributed by atoms with Gasteiger partial charge in [-0.15, -0.1) is 0 Å². The fourth-order valence-corrected chi connectivity index (χ4v) is 3.09. The van der Waals surface area contributed by atoms with Crippen molar-refractivity contribution in [1.29, 1.82) is 0 Å². The van der Waals surface area contributed by atoms with Crippen LogP contribution in [0.15, 0.2) is 24.3 Å². The predicted octanol–water partition coefficient (Wildman–Crippen LogP) is 4.66. The summed E-state index contributed by atoms with van der Waals surface area (Å²) in [6.07, 6.45) is 1.27. The summed E-state index contributed by atoms with van der Waals surface area (Å²) in [5.41, 5.74) is 4.79. The Hall–Kier alpha value is -1.24. The molecule has 2 heterocycles. The van der Waals surface area contributed by atoms with Crippen LogP contribution in [0.25, 0.3) is 10.9 Å². The van der Waals surface area contributed by atoms with E-state index in [-0.39, 0.29) is 0 Å². The Morgan fingerprint density at radius 3 is 2.47 bits per heavy atom. The average Bonchev–Trinajstić information content (AvgIpc) is 2.81. The fourth-order valence-electron chi connectivity index (χ4n) is 3.09. The molecular formula is C16H23N. The van der Waals surface area contributed by atoms with E-state index in [1.807, 2.05) is 13.8 Å². The number of aryl methyl sites for hydroxylation is 2. The van der Waals surface area contributed by atoms with E-state index >= 15 is 0 Å². The molecule has 0 atom stereocenters. The molecule has 0 bridgehead atoms. The molecular weight excluding hydrogens is 206 g/mol. The highest BCUT2D eigenvalue weighted by atomic mass is 15.0. The third-order valence-corrected chi connectivity index (χ3v) is 3.83. The molecule has 0 N–H and O–H groups in total. The largest absolute Gasteiger partial charge is 0.344 e. The minimum absolute atomic E-state index is 0.350. The van der Waals surface area contributed by atoms with Crippen molar-refractivity contribution >= 4 is 10.9 Å². The SMILES string of the molecule is CC.Cc1c2n(c3ccccc13)CCC2(C)C. The van der Waals surface area contributed by atoms with Crippen LogP contribution in [0, 0.1) is 6.92 Å². The van der Waals surface area contributed by atoms with E-state index in [9.17, 15) is 0 Å². The number of rotatable bonds is 0. The Bertz CT molecular complexity index is 532. The van der Waals surface area contributed by atoms with Gasteiger partial charge in [-0.3, -0.25) is 0 Å². The summed E-state index contributed by atoms with van der Waals surface area (Å²) >= 11 is 0. The van der Waals surface area contributed by atoms with Crippen LogP contribution in [0.2, 0.25) is 0 Å². The minimum Gasteiger partial charge on any atom is -0.344 e. The van der Waals surface area contributed by atoms with Crippen LogP contribution >= 0.6 is 0 Å². The zero-order valence-electron chi connectivity index (χ0n) is 11.7. The van der Waals surface area contributed by atoms with Crippen molar-refractivity contribution in [3.63, 3.8) is 0 Å². The summed E-state index contributed by atoms with van der Waals surface area (Å²) in [6, 6.07) is 8.76. The van der Waals surface area contributed by atoms with Gasteiger partial charge in [0.05, 0.1) is 0 Å². The van der Waals surface area contributed by atoms with E-state index in [0.29, 0.717) is 5.41 Å². The number of hydrogen-bond donors (Lipinski definition) is 0. The first-order valence-corrected chi connectivity index (χ1v) is 6.69. The quantitative estimate of drug-likeness (QED) is 0.619. The maximum atomic E-state index is 2.50. The van der Waals surface area contributed by atoms with Crippen molar-refractivity contribution < 1.29 is 0 Å². The van der Waals surface area contributed by atoms with E-state index < -0.39 is 0 Å². The van der Waals surface area contributed by atoms with Gasteiger partial charge < -0.3 is 4.57 Å². The lowest BCUT2D eigenvalue weighted by atomic mass is 9.86. The van der Waals surface area contributed by atoms with Crippen LogP contribution in [0.4, 0.5) is 0 Å². The molecule has 1 heteroatoms. The van der Waals surface area contributed by atoms with Crippen molar-refractivity contribution in [3.8, 4) is 0 Å². The second-order valence-electron chi connectivity index (χ2n) is 5.28. The van der Waals surface area contributed by atoms with E-state index in [1.165, 1.54) is 29.4 Å². The molecule has 0 unspecified atom stereocenters. The molecule has 0 saturated carbocycles. The van der Waals surface area contributed by atoms with Crippen molar-refractivity contribution in [2.45, 2.75) is 53.0 Å². The van der Waals surface area contributed by atoms with Crippen molar-refractivity contribution in [2.75, 3.05) is 0 Å². The average molecular weight is 229 g/mol. The summed E-state index contributed by atoms with van der Waals surface area (Å²) in [6.45, 7) is 12.2. The second kappa shape index (κ2) is 4.21. The van der Waals surface area contributed by atoms with Gasteiger partial charge in [-0.05, 0) is 25.0 Å². The van der Waals surface area contributed by atoms with Crippen LogP contribution in [-0.4, -0.2) is 4.57 Å². The highest BCUT2D eigenvalue weighted by molar-refractivity contribution is 5.86. The summed E-state index contributed by atoms with van der Waals surface area (Å²) in [4.78, 5) is 0. The number of para-hydroxylation sites is 1. The lowest BCUT2D eigenvalue weighted by Crippen LogP contribution is -2.13. The minimum atomic E-state index is 0.350. The third kappa shape index (κ3) is 1.69. The van der Waals surface area contributed by atoms with Gasteiger partial charge in [-0.2, -0.15) is 0 Å². The zero-order chi connectivity index (χ0) is 12.6. The molecule has 1 aromatic heterocycles. The van der Waals surface area contributed by atoms with Crippen LogP contribution in [0.5, 0.6) is 0 Å². The summed E-state index contributed by atoms with van der Waals surface area (Å²) in [5.74, 6) is 0. The number of benzene rings is 1. The topological polar surface area (TPSA) is 4.93 Å². The monoisotopic (exact) mass is 229 g/mol. The molecule has 17 heavy (non-hydrogen) atoms. The van der Waals surface area contributed by atoms with Gasteiger partial charge in [-0.25, -0.2) is 0 Å². The molecule has 0 aliphatic carbocycles. The highest BCUT2D eigenvalue weighted by Crippen LogP contribution is 2.41. The number of nitrogens with zero attached hydrogens (tertiary/aromatic N) is 1. The van der Waals surface area contributed by atoms with Crippen LogP contribution in [0.1, 0.15) is 45.4 Å². The van der Waals surface area contributed by atoms with E-state index in [2.05, 4.69) is 49.6 Å². The van der Waals surface area contributed by atoms with E-state index in [4.69, 9.17) is 0 Å². The number of fused-ring (bicyclic) bond motifs is 3. The Labute approximate surface area is 104 Å². The molecule has 3 rings (SSSR count). The van der Waals surface area contributed by atoms with Gasteiger partial charge in [-0.1, -0.05) is 45.9 Å².